The zero-order valence-corrected chi connectivity index (χ0v) is 12.7. The number of nitrogens with zero attached hydrogens (tertiary/aromatic N) is 1. The molecule has 0 atom stereocenters. The van der Waals surface area contributed by atoms with Crippen LogP contribution in [-0.2, 0) is 9.53 Å². The summed E-state index contributed by atoms with van der Waals surface area (Å²) in [5.74, 6) is 0.839. The average molecular weight is 319 g/mol. The molecule has 0 aromatic heterocycles. The largest absolute Gasteiger partial charge is 0.462 e. The molecule has 114 valence electrons. The lowest BCUT2D eigenvalue weighted by Gasteiger charge is -2.06. The molecule has 0 fully saturated rings. The number of nitrogens with one attached hydrogen (secondary N) is 1. The third kappa shape index (κ3) is 5.10. The summed E-state index contributed by atoms with van der Waals surface area (Å²) in [4.78, 5) is 11.1. The Kier molecular flexibility index (Phi) is 5.80. The van der Waals surface area contributed by atoms with Crippen molar-refractivity contribution in [3.05, 3.63) is 53.6 Å². The van der Waals surface area contributed by atoms with Crippen LogP contribution in [-0.4, -0.2) is 18.8 Å². The molecule has 0 unspecified atom stereocenters. The number of rotatable bonds is 6. The lowest BCUT2D eigenvalue weighted by molar-refractivity contribution is -0.134. The second kappa shape index (κ2) is 8.05. The predicted molar refractivity (Wildman–Crippen MR) is 86.7 cm³/mol. The highest BCUT2D eigenvalue weighted by Crippen LogP contribution is 2.25. The number of hydrogen-bond acceptors (Lipinski definition) is 5. The van der Waals surface area contributed by atoms with Crippen molar-refractivity contribution in [3.63, 3.8) is 0 Å². The molecule has 0 bridgehead atoms. The molecule has 2 rings (SSSR count). The van der Waals surface area contributed by atoms with Crippen molar-refractivity contribution in [2.75, 3.05) is 12.0 Å². The smallest absolute Gasteiger partial charge is 0.351 e. The van der Waals surface area contributed by atoms with E-state index in [1.54, 1.807) is 43.3 Å². The third-order valence-electron chi connectivity index (χ3n) is 2.54. The van der Waals surface area contributed by atoms with Gasteiger partial charge in [0.1, 0.15) is 17.7 Å². The molecular weight excluding hydrogens is 304 g/mol. The number of anilines is 1. The van der Waals surface area contributed by atoms with E-state index in [1.807, 2.05) is 12.1 Å². The molecule has 0 amide bonds. The van der Waals surface area contributed by atoms with E-state index in [0.29, 0.717) is 23.1 Å². The van der Waals surface area contributed by atoms with Gasteiger partial charge in [-0.1, -0.05) is 17.7 Å². The molecule has 22 heavy (non-hydrogen) atoms. The van der Waals surface area contributed by atoms with E-state index in [2.05, 4.69) is 10.5 Å². The van der Waals surface area contributed by atoms with Crippen molar-refractivity contribution in [3.8, 4) is 11.5 Å². The third-order valence-corrected chi connectivity index (χ3v) is 2.77. The molecule has 0 aliphatic carbocycles. The fourth-order valence-electron chi connectivity index (χ4n) is 1.60. The highest BCUT2D eigenvalue weighted by atomic mass is 35.5. The predicted octanol–water partition coefficient (Wildman–Crippen LogP) is 4.09. The van der Waals surface area contributed by atoms with Gasteiger partial charge in [-0.2, -0.15) is 5.10 Å². The van der Waals surface area contributed by atoms with Gasteiger partial charge in [-0.3, -0.25) is 5.43 Å². The highest BCUT2D eigenvalue weighted by Gasteiger charge is 1.99. The standard InChI is InChI=1S/C16H15ClN2O3/c1-2-21-16(20)11-18-19-13-6-8-14(9-7-13)22-15-5-3-4-12(17)10-15/h3-11,19H,2H2,1H3/b18-11-. The van der Waals surface area contributed by atoms with Crippen molar-refractivity contribution >= 4 is 29.5 Å². The van der Waals surface area contributed by atoms with E-state index in [1.165, 1.54) is 0 Å². The van der Waals surface area contributed by atoms with E-state index < -0.39 is 5.97 Å². The number of ether oxygens (including phenoxy) is 2. The Hall–Kier alpha value is -2.53. The zero-order chi connectivity index (χ0) is 15.8. The lowest BCUT2D eigenvalue weighted by Crippen LogP contribution is -2.06. The molecule has 0 heterocycles. The van der Waals surface area contributed by atoms with Crippen LogP contribution < -0.4 is 10.2 Å². The number of benzene rings is 2. The molecule has 1 N–H and O–H groups in total. The summed E-state index contributed by atoms with van der Waals surface area (Å²) in [5.41, 5.74) is 3.45. The Labute approximate surface area is 133 Å². The van der Waals surface area contributed by atoms with E-state index in [0.717, 1.165) is 11.9 Å². The second-order valence-corrected chi connectivity index (χ2v) is 4.64. The van der Waals surface area contributed by atoms with Crippen LogP contribution in [0.2, 0.25) is 5.02 Å². The van der Waals surface area contributed by atoms with Crippen LogP contribution in [0.3, 0.4) is 0 Å². The number of hydrazone groups is 1. The zero-order valence-electron chi connectivity index (χ0n) is 12.0. The van der Waals surface area contributed by atoms with Gasteiger partial charge in [0.25, 0.3) is 0 Å². The normalized spacial score (nSPS) is 10.5. The Morgan fingerprint density at radius 3 is 2.68 bits per heavy atom. The number of hydrogen-bond donors (Lipinski definition) is 1. The van der Waals surface area contributed by atoms with Gasteiger partial charge in [-0.25, -0.2) is 4.79 Å². The number of carbonyl (C=O) groups excluding carboxylic acids is 1. The van der Waals surface area contributed by atoms with Gasteiger partial charge in [0, 0.05) is 5.02 Å². The number of esters is 1. The topological polar surface area (TPSA) is 59.9 Å². The van der Waals surface area contributed by atoms with Crippen molar-refractivity contribution in [2.24, 2.45) is 5.10 Å². The summed E-state index contributed by atoms with van der Waals surface area (Å²) in [7, 11) is 0. The van der Waals surface area contributed by atoms with Gasteiger partial charge >= 0.3 is 5.97 Å². The van der Waals surface area contributed by atoms with Gasteiger partial charge < -0.3 is 9.47 Å². The molecule has 0 saturated carbocycles. The number of carbonyl (C=O) groups is 1. The molecule has 6 heteroatoms. The Balaban J connectivity index is 1.91. The van der Waals surface area contributed by atoms with Crippen molar-refractivity contribution in [1.29, 1.82) is 0 Å². The fraction of sp³-hybridized carbons (Fsp3) is 0.125. The van der Waals surface area contributed by atoms with E-state index in [4.69, 9.17) is 21.1 Å². The first-order valence-electron chi connectivity index (χ1n) is 6.66. The summed E-state index contributed by atoms with van der Waals surface area (Å²) in [6, 6.07) is 14.3. The molecule has 5 nitrogen and oxygen atoms in total. The average Bonchev–Trinajstić information content (AvgIpc) is 2.49. The van der Waals surface area contributed by atoms with Gasteiger partial charge in [0.15, 0.2) is 0 Å². The van der Waals surface area contributed by atoms with Crippen LogP contribution in [0.25, 0.3) is 0 Å². The van der Waals surface area contributed by atoms with Crippen LogP contribution in [0.4, 0.5) is 5.69 Å². The molecular formula is C16H15ClN2O3. The Bertz CT molecular complexity index is 657. The maximum Gasteiger partial charge on any atom is 0.351 e. The lowest BCUT2D eigenvalue weighted by atomic mass is 10.3. The molecule has 0 aliphatic heterocycles. The van der Waals surface area contributed by atoms with E-state index in [9.17, 15) is 4.79 Å². The van der Waals surface area contributed by atoms with Crippen molar-refractivity contribution in [2.45, 2.75) is 6.92 Å². The molecule has 0 radical (unpaired) electrons. The van der Waals surface area contributed by atoms with E-state index >= 15 is 0 Å². The molecule has 0 aliphatic rings. The minimum Gasteiger partial charge on any atom is -0.462 e. The summed E-state index contributed by atoms with van der Waals surface area (Å²) in [6.45, 7) is 2.05. The van der Waals surface area contributed by atoms with Gasteiger partial charge in [0.05, 0.1) is 12.3 Å². The monoisotopic (exact) mass is 318 g/mol. The summed E-state index contributed by atoms with van der Waals surface area (Å²) in [5, 5.41) is 4.39. The Morgan fingerprint density at radius 1 is 1.23 bits per heavy atom. The molecule has 2 aromatic carbocycles. The maximum atomic E-state index is 11.1. The quantitative estimate of drug-likeness (QED) is 0.495. The Morgan fingerprint density at radius 2 is 2.00 bits per heavy atom. The SMILES string of the molecule is CCOC(=O)/C=N\Nc1ccc(Oc2cccc(Cl)c2)cc1. The summed E-state index contributed by atoms with van der Waals surface area (Å²) >= 11 is 5.90. The minimum absolute atomic E-state index is 0.320. The molecule has 0 spiro atoms. The van der Waals surface area contributed by atoms with Crippen LogP contribution >= 0.6 is 11.6 Å². The van der Waals surface area contributed by atoms with Crippen molar-refractivity contribution < 1.29 is 14.3 Å². The van der Waals surface area contributed by atoms with Gasteiger partial charge in [-0.05, 0) is 49.4 Å². The first kappa shape index (κ1) is 15.9. The van der Waals surface area contributed by atoms with Crippen LogP contribution in [0.1, 0.15) is 6.92 Å². The fourth-order valence-corrected chi connectivity index (χ4v) is 1.78. The van der Waals surface area contributed by atoms with E-state index in [-0.39, 0.29) is 0 Å². The highest BCUT2D eigenvalue weighted by molar-refractivity contribution is 6.30. The molecule has 2 aromatic rings. The maximum absolute atomic E-state index is 11.1. The van der Waals surface area contributed by atoms with Crippen LogP contribution in [0.5, 0.6) is 11.5 Å². The second-order valence-electron chi connectivity index (χ2n) is 4.21. The van der Waals surface area contributed by atoms with Crippen molar-refractivity contribution in [1.82, 2.24) is 0 Å². The van der Waals surface area contributed by atoms with Crippen LogP contribution in [0.15, 0.2) is 53.6 Å². The summed E-state index contributed by atoms with van der Waals surface area (Å²) < 4.78 is 10.4. The first-order valence-corrected chi connectivity index (χ1v) is 7.04. The number of halogens is 1. The van der Waals surface area contributed by atoms with Gasteiger partial charge in [0.2, 0.25) is 0 Å². The van der Waals surface area contributed by atoms with Gasteiger partial charge in [-0.15, -0.1) is 0 Å². The minimum atomic E-state index is -0.490. The van der Waals surface area contributed by atoms with Crippen LogP contribution in [0, 0.1) is 0 Å². The molecule has 0 saturated heterocycles. The first-order chi connectivity index (χ1) is 10.7. The summed E-state index contributed by atoms with van der Waals surface area (Å²) in [6.07, 6.45) is 1.08.